The number of hydrogen-bond acceptors (Lipinski definition) is 4. The molecule has 2 heterocycles. The van der Waals surface area contributed by atoms with E-state index in [1.165, 1.54) is 5.56 Å². The van der Waals surface area contributed by atoms with Gasteiger partial charge in [0.1, 0.15) is 5.82 Å². The molecule has 0 bridgehead atoms. The van der Waals surface area contributed by atoms with Crippen LogP contribution in [0.15, 0.2) is 54.7 Å². The average Bonchev–Trinajstić information content (AvgIpc) is 2.90. The molecule has 1 fully saturated rings. The molecule has 3 rings (SSSR count). The summed E-state index contributed by atoms with van der Waals surface area (Å²) >= 11 is 0. The van der Waals surface area contributed by atoms with Crippen LogP contribution in [0.2, 0.25) is 0 Å². The molecule has 1 aromatic heterocycles. The van der Waals surface area contributed by atoms with E-state index >= 15 is 0 Å². The Morgan fingerprint density at radius 3 is 2.68 bits per heavy atom. The van der Waals surface area contributed by atoms with Crippen LogP contribution in [-0.4, -0.2) is 47.3 Å². The van der Waals surface area contributed by atoms with Gasteiger partial charge in [0.05, 0.1) is 5.60 Å². The Bertz CT molecular complexity index is 590. The minimum atomic E-state index is -0.666. The fourth-order valence-electron chi connectivity index (χ4n) is 3.15. The maximum absolute atomic E-state index is 10.9. The summed E-state index contributed by atoms with van der Waals surface area (Å²) in [6.07, 6.45) is 2.59. The molecule has 1 aromatic carbocycles. The van der Waals surface area contributed by atoms with E-state index in [9.17, 15) is 5.11 Å². The zero-order valence-electron chi connectivity index (χ0n) is 13.0. The van der Waals surface area contributed by atoms with Crippen molar-refractivity contribution in [2.75, 3.05) is 31.6 Å². The highest BCUT2D eigenvalue weighted by Crippen LogP contribution is 2.25. The molecule has 0 amide bonds. The molecule has 1 N–H and O–H groups in total. The summed E-state index contributed by atoms with van der Waals surface area (Å²) < 4.78 is 0. The first kappa shape index (κ1) is 15.0. The molecule has 0 saturated carbocycles. The molecule has 1 aliphatic rings. The van der Waals surface area contributed by atoms with Crippen LogP contribution < -0.4 is 4.90 Å². The van der Waals surface area contributed by atoms with Crippen molar-refractivity contribution in [1.82, 2.24) is 9.88 Å². The highest BCUT2D eigenvalue weighted by Gasteiger charge is 2.37. The number of hydrogen-bond donors (Lipinski definition) is 1. The number of anilines is 1. The van der Waals surface area contributed by atoms with Gasteiger partial charge in [-0.3, -0.25) is 4.90 Å². The minimum absolute atomic E-state index is 0.606. The van der Waals surface area contributed by atoms with Crippen LogP contribution in [0.1, 0.15) is 12.0 Å². The van der Waals surface area contributed by atoms with Gasteiger partial charge in [-0.1, -0.05) is 36.4 Å². The number of β-amino-alcohol motifs (C(OH)–C–C–N with tert-alkyl or cyclic N) is 1. The summed E-state index contributed by atoms with van der Waals surface area (Å²) in [7, 11) is 1.99. The molecule has 0 aliphatic carbocycles. The summed E-state index contributed by atoms with van der Waals surface area (Å²) in [6, 6.07) is 16.3. The van der Waals surface area contributed by atoms with E-state index in [0.717, 1.165) is 25.3 Å². The molecular formula is C18H23N3O. The summed E-state index contributed by atoms with van der Waals surface area (Å²) in [6.45, 7) is 3.15. The van der Waals surface area contributed by atoms with Gasteiger partial charge in [0.2, 0.25) is 0 Å². The second-order valence-electron chi connectivity index (χ2n) is 6.21. The Morgan fingerprint density at radius 2 is 1.95 bits per heavy atom. The number of aliphatic hydroxyl groups is 1. The third kappa shape index (κ3) is 3.64. The third-order valence-electron chi connectivity index (χ3n) is 4.23. The van der Waals surface area contributed by atoms with Crippen LogP contribution in [0.25, 0.3) is 0 Å². The van der Waals surface area contributed by atoms with Crippen molar-refractivity contribution in [3.05, 3.63) is 60.3 Å². The molecule has 0 spiro atoms. The third-order valence-corrected chi connectivity index (χ3v) is 4.23. The van der Waals surface area contributed by atoms with Crippen LogP contribution in [0.5, 0.6) is 0 Å². The second kappa shape index (κ2) is 6.46. The van der Waals surface area contributed by atoms with Crippen molar-refractivity contribution in [2.24, 2.45) is 0 Å². The van der Waals surface area contributed by atoms with E-state index in [1.807, 2.05) is 36.2 Å². The van der Waals surface area contributed by atoms with Crippen molar-refractivity contribution in [3.8, 4) is 0 Å². The SMILES string of the molecule is CN(C[C@@]1(O)CCN(Cc2ccccc2)C1)c1ccccn1. The zero-order valence-corrected chi connectivity index (χ0v) is 13.0. The molecule has 1 atom stereocenters. The predicted molar refractivity (Wildman–Crippen MR) is 88.8 cm³/mol. The normalized spacial score (nSPS) is 21.9. The van der Waals surface area contributed by atoms with Gasteiger partial charge in [0, 0.05) is 39.4 Å². The lowest BCUT2D eigenvalue weighted by Gasteiger charge is -2.29. The first-order valence-electron chi connectivity index (χ1n) is 7.75. The van der Waals surface area contributed by atoms with E-state index in [-0.39, 0.29) is 0 Å². The predicted octanol–water partition coefficient (Wildman–Crippen LogP) is 2.15. The fourth-order valence-corrected chi connectivity index (χ4v) is 3.15. The van der Waals surface area contributed by atoms with Crippen LogP contribution in [0, 0.1) is 0 Å². The summed E-state index contributed by atoms with van der Waals surface area (Å²) in [5, 5.41) is 10.9. The minimum Gasteiger partial charge on any atom is -0.387 e. The standard InChI is InChI=1S/C18H23N3O/c1-20(17-9-5-6-11-19-17)14-18(22)10-12-21(15-18)13-16-7-3-2-4-8-16/h2-9,11,22H,10,12-15H2,1H3/t18-/m0/s1. The average molecular weight is 297 g/mol. The maximum Gasteiger partial charge on any atom is 0.128 e. The molecule has 1 aliphatic heterocycles. The number of benzene rings is 1. The van der Waals surface area contributed by atoms with Gasteiger partial charge >= 0.3 is 0 Å². The number of likely N-dealkylation sites (tertiary alicyclic amines) is 1. The number of rotatable bonds is 5. The Balaban J connectivity index is 1.58. The van der Waals surface area contributed by atoms with Crippen LogP contribution in [0.3, 0.4) is 0 Å². The van der Waals surface area contributed by atoms with Crippen molar-refractivity contribution in [2.45, 2.75) is 18.6 Å². The van der Waals surface area contributed by atoms with Gasteiger partial charge in [-0.25, -0.2) is 4.98 Å². The highest BCUT2D eigenvalue weighted by atomic mass is 16.3. The quantitative estimate of drug-likeness (QED) is 0.918. The van der Waals surface area contributed by atoms with Crippen molar-refractivity contribution < 1.29 is 5.11 Å². The lowest BCUT2D eigenvalue weighted by molar-refractivity contribution is 0.0561. The number of nitrogens with zero attached hydrogens (tertiary/aromatic N) is 3. The van der Waals surface area contributed by atoms with Gasteiger partial charge in [-0.2, -0.15) is 0 Å². The maximum atomic E-state index is 10.9. The molecular weight excluding hydrogens is 274 g/mol. The van der Waals surface area contributed by atoms with Gasteiger partial charge < -0.3 is 10.0 Å². The van der Waals surface area contributed by atoms with Crippen molar-refractivity contribution >= 4 is 5.82 Å². The highest BCUT2D eigenvalue weighted by molar-refractivity contribution is 5.37. The van der Waals surface area contributed by atoms with Crippen LogP contribution in [-0.2, 0) is 6.54 Å². The summed E-state index contributed by atoms with van der Waals surface area (Å²) in [5.74, 6) is 0.900. The first-order chi connectivity index (χ1) is 10.6. The lowest BCUT2D eigenvalue weighted by Crippen LogP contribution is -2.44. The first-order valence-corrected chi connectivity index (χ1v) is 7.75. The Labute approximate surface area is 132 Å². The largest absolute Gasteiger partial charge is 0.387 e. The second-order valence-corrected chi connectivity index (χ2v) is 6.21. The van der Waals surface area contributed by atoms with Crippen molar-refractivity contribution in [3.63, 3.8) is 0 Å². The topological polar surface area (TPSA) is 39.6 Å². The van der Waals surface area contributed by atoms with Crippen LogP contribution in [0.4, 0.5) is 5.82 Å². The number of aromatic nitrogens is 1. The monoisotopic (exact) mass is 297 g/mol. The zero-order chi connectivity index (χ0) is 15.4. The number of likely N-dealkylation sites (N-methyl/N-ethyl adjacent to an activating group) is 1. The molecule has 1 saturated heterocycles. The summed E-state index contributed by atoms with van der Waals surface area (Å²) in [4.78, 5) is 8.69. The van der Waals surface area contributed by atoms with E-state index in [4.69, 9.17) is 0 Å². The summed E-state index contributed by atoms with van der Waals surface area (Å²) in [5.41, 5.74) is 0.631. The molecule has 116 valence electrons. The van der Waals surface area contributed by atoms with Gasteiger partial charge in [0.15, 0.2) is 0 Å². The molecule has 0 unspecified atom stereocenters. The van der Waals surface area contributed by atoms with E-state index in [2.05, 4.69) is 34.1 Å². The molecule has 0 radical (unpaired) electrons. The van der Waals surface area contributed by atoms with E-state index < -0.39 is 5.60 Å². The Kier molecular flexibility index (Phi) is 4.41. The lowest BCUT2D eigenvalue weighted by atomic mass is 10.0. The van der Waals surface area contributed by atoms with Crippen LogP contribution >= 0.6 is 0 Å². The Hall–Kier alpha value is -1.91. The molecule has 4 nitrogen and oxygen atoms in total. The van der Waals surface area contributed by atoms with Gasteiger partial charge in [0.25, 0.3) is 0 Å². The van der Waals surface area contributed by atoms with Crippen molar-refractivity contribution in [1.29, 1.82) is 0 Å². The number of pyridine rings is 1. The Morgan fingerprint density at radius 1 is 1.18 bits per heavy atom. The fraction of sp³-hybridized carbons (Fsp3) is 0.389. The van der Waals surface area contributed by atoms with E-state index in [1.54, 1.807) is 6.20 Å². The van der Waals surface area contributed by atoms with Gasteiger partial charge in [-0.05, 0) is 24.1 Å². The van der Waals surface area contributed by atoms with Gasteiger partial charge in [-0.15, -0.1) is 0 Å². The molecule has 4 heteroatoms. The molecule has 2 aromatic rings. The molecule has 22 heavy (non-hydrogen) atoms. The smallest absolute Gasteiger partial charge is 0.128 e. The van der Waals surface area contributed by atoms with E-state index in [0.29, 0.717) is 13.1 Å².